The molecule has 0 unspecified atom stereocenters. The normalized spacial score (nSPS) is 13.7. The lowest BCUT2D eigenvalue weighted by molar-refractivity contribution is -0.385. The Kier molecular flexibility index (Phi) is 8.86. The lowest BCUT2D eigenvalue weighted by atomic mass is 9.88. The van der Waals surface area contributed by atoms with Crippen LogP contribution >= 0.6 is 0 Å². The maximum atomic E-state index is 13.5. The Hall–Kier alpha value is -5.06. The largest absolute Gasteiger partial charge is 0.490 e. The first kappa shape index (κ1) is 28.5. The van der Waals surface area contributed by atoms with Gasteiger partial charge in [0.15, 0.2) is 12.4 Å². The van der Waals surface area contributed by atoms with Gasteiger partial charge in [-0.1, -0.05) is 49.6 Å². The zero-order valence-corrected chi connectivity index (χ0v) is 23.2. The van der Waals surface area contributed by atoms with Crippen LogP contribution in [0.4, 0.5) is 11.4 Å². The fraction of sp³-hybridized carbons (Fsp3) is 0.290. The minimum atomic E-state index is -0.610. The minimum Gasteiger partial charge on any atom is -0.490 e. The zero-order chi connectivity index (χ0) is 29.5. The predicted molar refractivity (Wildman–Crippen MR) is 160 cm³/mol. The molecule has 42 heavy (non-hydrogen) atoms. The summed E-state index contributed by atoms with van der Waals surface area (Å²) >= 11 is 0. The Morgan fingerprint density at radius 2 is 1.83 bits per heavy atom. The molecule has 3 aromatic carbocycles. The van der Waals surface area contributed by atoms with E-state index in [-0.39, 0.29) is 29.6 Å². The number of hydrogen-bond acceptors (Lipinski definition) is 8. The molecule has 0 aliphatic heterocycles. The van der Waals surface area contributed by atoms with Crippen molar-refractivity contribution in [2.24, 2.45) is 5.10 Å². The number of benzene rings is 3. The molecule has 5 rings (SSSR count). The van der Waals surface area contributed by atoms with Crippen molar-refractivity contribution in [3.05, 3.63) is 98.6 Å². The highest BCUT2D eigenvalue weighted by molar-refractivity contribution is 5.92. The van der Waals surface area contributed by atoms with Crippen LogP contribution in [-0.4, -0.2) is 39.9 Å². The number of ether oxygens (including phenoxy) is 2. The monoisotopic (exact) mass is 569 g/mol. The maximum absolute atomic E-state index is 13.5. The number of nitrogens with one attached hydrogen (secondary N) is 1. The van der Waals surface area contributed by atoms with Gasteiger partial charge in [-0.25, -0.2) is 4.98 Å². The van der Waals surface area contributed by atoms with E-state index in [2.05, 4.69) is 10.4 Å². The van der Waals surface area contributed by atoms with E-state index in [1.54, 1.807) is 43.3 Å². The predicted octanol–water partition coefficient (Wildman–Crippen LogP) is 5.65. The van der Waals surface area contributed by atoms with Gasteiger partial charge < -0.3 is 14.8 Å². The van der Waals surface area contributed by atoms with Gasteiger partial charge in [-0.05, 0) is 50.1 Å². The van der Waals surface area contributed by atoms with Crippen LogP contribution in [0.1, 0.15) is 56.3 Å². The molecular weight excluding hydrogens is 538 g/mol. The third-order valence-corrected chi connectivity index (χ3v) is 7.03. The third-order valence-electron chi connectivity index (χ3n) is 7.03. The first-order valence-corrected chi connectivity index (χ1v) is 13.9. The van der Waals surface area contributed by atoms with E-state index >= 15 is 0 Å². The van der Waals surface area contributed by atoms with Crippen molar-refractivity contribution in [3.63, 3.8) is 0 Å². The van der Waals surface area contributed by atoms with Gasteiger partial charge in [-0.15, -0.1) is 0 Å². The molecule has 1 amide bonds. The van der Waals surface area contributed by atoms with Gasteiger partial charge in [-0.3, -0.25) is 19.7 Å². The van der Waals surface area contributed by atoms with Crippen molar-refractivity contribution in [1.29, 1.82) is 0 Å². The SMILES string of the molecule is CCOc1cc(C=Nn2c(C3CCCCC3)nc3ccccc3c2=O)cc([N+](=O)[O-])c1OCC(=O)Nc1ccccc1. The second-order valence-electron chi connectivity index (χ2n) is 9.94. The first-order valence-electron chi connectivity index (χ1n) is 13.9. The number of hydrogen-bond donors (Lipinski definition) is 1. The molecule has 11 heteroatoms. The topological polar surface area (TPSA) is 138 Å². The average molecular weight is 570 g/mol. The van der Waals surface area contributed by atoms with Crippen molar-refractivity contribution in [1.82, 2.24) is 9.66 Å². The Morgan fingerprint density at radius 3 is 2.57 bits per heavy atom. The van der Waals surface area contributed by atoms with Crippen LogP contribution in [0.3, 0.4) is 0 Å². The van der Waals surface area contributed by atoms with E-state index in [0.29, 0.717) is 28.0 Å². The number of carbonyl (C=O) groups is 1. The number of para-hydroxylation sites is 2. The lowest BCUT2D eigenvalue weighted by Gasteiger charge is -2.22. The average Bonchev–Trinajstić information content (AvgIpc) is 3.01. The van der Waals surface area contributed by atoms with Crippen LogP contribution in [0.2, 0.25) is 0 Å². The van der Waals surface area contributed by atoms with Gasteiger partial charge in [0.25, 0.3) is 11.5 Å². The van der Waals surface area contributed by atoms with Gasteiger partial charge in [0.1, 0.15) is 5.82 Å². The van der Waals surface area contributed by atoms with Crippen molar-refractivity contribution >= 4 is 34.4 Å². The molecule has 0 saturated heterocycles. The molecular formula is C31H31N5O6. The summed E-state index contributed by atoms with van der Waals surface area (Å²) in [6.45, 7) is 1.46. The van der Waals surface area contributed by atoms with Crippen LogP contribution < -0.4 is 20.3 Å². The molecule has 11 nitrogen and oxygen atoms in total. The Morgan fingerprint density at radius 1 is 1.10 bits per heavy atom. The van der Waals surface area contributed by atoms with Crippen molar-refractivity contribution in [2.45, 2.75) is 44.9 Å². The van der Waals surface area contributed by atoms with E-state index in [9.17, 15) is 19.7 Å². The van der Waals surface area contributed by atoms with Crippen LogP contribution in [0, 0.1) is 10.1 Å². The smallest absolute Gasteiger partial charge is 0.315 e. The standard InChI is InChI=1S/C31H31N5O6/c1-2-41-27-18-21(17-26(36(39)40)29(27)42-20-28(37)33-23-13-7-4-8-14-23)19-32-35-30(22-11-5-3-6-12-22)34-25-16-10-9-15-24(25)31(35)38/h4,7-10,13-19,22H,2-3,5-6,11-12,20H2,1H3,(H,33,37). The molecule has 0 spiro atoms. The van der Waals surface area contributed by atoms with Crippen LogP contribution in [0.5, 0.6) is 11.5 Å². The molecule has 0 radical (unpaired) electrons. The van der Waals surface area contributed by atoms with E-state index in [1.807, 2.05) is 18.2 Å². The molecule has 0 atom stereocenters. The van der Waals surface area contributed by atoms with Gasteiger partial charge in [0, 0.05) is 23.2 Å². The highest BCUT2D eigenvalue weighted by Gasteiger charge is 2.25. The van der Waals surface area contributed by atoms with Crippen molar-refractivity contribution in [2.75, 3.05) is 18.5 Å². The fourth-order valence-electron chi connectivity index (χ4n) is 5.08. The molecule has 1 heterocycles. The molecule has 216 valence electrons. The first-order chi connectivity index (χ1) is 20.4. The number of aromatic nitrogens is 2. The fourth-order valence-corrected chi connectivity index (χ4v) is 5.08. The zero-order valence-electron chi connectivity index (χ0n) is 23.2. The highest BCUT2D eigenvalue weighted by atomic mass is 16.6. The lowest BCUT2D eigenvalue weighted by Crippen LogP contribution is -2.25. The molecule has 1 aliphatic carbocycles. The quantitative estimate of drug-likeness (QED) is 0.148. The molecule has 1 saturated carbocycles. The van der Waals surface area contributed by atoms with Crippen molar-refractivity contribution < 1.29 is 19.2 Å². The number of fused-ring (bicyclic) bond motifs is 1. The summed E-state index contributed by atoms with van der Waals surface area (Å²) in [5.41, 5.74) is 0.804. The number of nitro groups is 1. The number of rotatable bonds is 10. The number of anilines is 1. The number of nitro benzene ring substituents is 1. The van der Waals surface area contributed by atoms with E-state index in [1.165, 1.54) is 23.0 Å². The van der Waals surface area contributed by atoms with E-state index in [0.717, 1.165) is 32.1 Å². The second-order valence-corrected chi connectivity index (χ2v) is 9.94. The van der Waals surface area contributed by atoms with Gasteiger partial charge in [0.05, 0.1) is 28.6 Å². The molecule has 1 aromatic heterocycles. The summed E-state index contributed by atoms with van der Waals surface area (Å²) in [5.74, 6) is 0.0895. The molecule has 1 aliphatic rings. The summed E-state index contributed by atoms with van der Waals surface area (Å²) < 4.78 is 12.6. The van der Waals surface area contributed by atoms with Crippen LogP contribution in [0.15, 0.2) is 76.6 Å². The Bertz CT molecular complexity index is 1680. The van der Waals surface area contributed by atoms with Crippen LogP contribution in [0.25, 0.3) is 10.9 Å². The Labute approximate surface area is 242 Å². The van der Waals surface area contributed by atoms with Gasteiger partial charge in [0.2, 0.25) is 5.75 Å². The maximum Gasteiger partial charge on any atom is 0.315 e. The van der Waals surface area contributed by atoms with Gasteiger partial charge in [-0.2, -0.15) is 9.78 Å². The summed E-state index contributed by atoms with van der Waals surface area (Å²) in [4.78, 5) is 42.2. The third kappa shape index (κ3) is 6.46. The minimum absolute atomic E-state index is 0.0807. The Balaban J connectivity index is 1.48. The summed E-state index contributed by atoms with van der Waals surface area (Å²) in [5, 5.41) is 19.7. The van der Waals surface area contributed by atoms with Gasteiger partial charge >= 0.3 is 5.69 Å². The molecule has 0 bridgehead atoms. The van der Waals surface area contributed by atoms with Crippen LogP contribution in [-0.2, 0) is 4.79 Å². The summed E-state index contributed by atoms with van der Waals surface area (Å²) in [6.07, 6.45) is 6.43. The number of nitrogens with zero attached hydrogens (tertiary/aromatic N) is 4. The molecule has 4 aromatic rings. The highest BCUT2D eigenvalue weighted by Crippen LogP contribution is 2.38. The second kappa shape index (κ2) is 13.1. The van der Waals surface area contributed by atoms with E-state index in [4.69, 9.17) is 14.5 Å². The summed E-state index contributed by atoms with van der Waals surface area (Å²) in [7, 11) is 0. The van der Waals surface area contributed by atoms with Crippen molar-refractivity contribution in [3.8, 4) is 11.5 Å². The number of amides is 1. The molecule has 1 fully saturated rings. The molecule has 1 N–H and O–H groups in total. The van der Waals surface area contributed by atoms with E-state index < -0.39 is 23.1 Å². The number of carbonyl (C=O) groups excluding carboxylic acids is 1. The summed E-state index contributed by atoms with van der Waals surface area (Å²) in [6, 6.07) is 18.7.